The van der Waals surface area contributed by atoms with Gasteiger partial charge in [0.2, 0.25) is 0 Å². The van der Waals surface area contributed by atoms with Crippen LogP contribution in [0, 0.1) is 0 Å². The molecule has 3 unspecified atom stereocenters. The number of rotatable bonds is 2. The van der Waals surface area contributed by atoms with Gasteiger partial charge in [0.15, 0.2) is 5.15 Å². The first-order chi connectivity index (χ1) is 6.57. The summed E-state index contributed by atoms with van der Waals surface area (Å²) in [6.45, 7) is 1.09. The molecule has 1 aliphatic rings. The smallest absolute Gasteiger partial charge is 0.160 e. The molecular weight excluding hydrogens is 215 g/mol. The molecule has 1 nitrogen and oxygen atoms in total. The predicted octanol–water partition coefficient (Wildman–Crippen LogP) is 2.55. The summed E-state index contributed by atoms with van der Waals surface area (Å²) in [5.74, 6) is 0. The fourth-order valence-electron chi connectivity index (χ4n) is 1.54. The van der Waals surface area contributed by atoms with Crippen LogP contribution < -0.4 is 5.32 Å². The van der Waals surface area contributed by atoms with Crippen molar-refractivity contribution >= 4 is 18.5 Å². The minimum atomic E-state index is -1.40. The molecule has 0 bridgehead atoms. The Morgan fingerprint density at radius 1 is 1.29 bits per heavy atom. The summed E-state index contributed by atoms with van der Waals surface area (Å²) < 4.78 is 13.5. The maximum absolute atomic E-state index is 13.5. The van der Waals surface area contributed by atoms with Gasteiger partial charge >= 0.3 is 0 Å². The molecule has 0 radical (unpaired) electrons. The highest BCUT2D eigenvalue weighted by molar-refractivity contribution is 7.38. The van der Waals surface area contributed by atoms with Gasteiger partial charge in [0, 0.05) is 6.04 Å². The summed E-state index contributed by atoms with van der Waals surface area (Å²) >= 11 is 0. The Kier molecular flexibility index (Phi) is 2.88. The molecule has 4 heteroatoms. The monoisotopic (exact) mass is 229 g/mol. The van der Waals surface area contributed by atoms with E-state index in [-0.39, 0.29) is 0 Å². The third kappa shape index (κ3) is 2.14. The van der Waals surface area contributed by atoms with Gasteiger partial charge in [-0.2, -0.15) is 0 Å². The second-order valence-corrected chi connectivity index (χ2v) is 6.03. The van der Waals surface area contributed by atoms with Gasteiger partial charge < -0.3 is 5.32 Å². The van der Waals surface area contributed by atoms with Crippen LogP contribution in [0.1, 0.15) is 23.6 Å². The lowest BCUT2D eigenvalue weighted by molar-refractivity contribution is 0.382. The van der Waals surface area contributed by atoms with E-state index < -0.39 is 5.15 Å². The summed E-state index contributed by atoms with van der Waals surface area (Å²) in [5, 5.41) is 1.92. The SMILES string of the molecule is FC(P)(P)c1ccc(C2CCN2)cc1. The van der Waals surface area contributed by atoms with Crippen LogP contribution in [0.4, 0.5) is 4.39 Å². The molecule has 1 heterocycles. The maximum atomic E-state index is 13.5. The van der Waals surface area contributed by atoms with E-state index in [1.807, 2.05) is 24.3 Å². The zero-order valence-electron chi connectivity index (χ0n) is 7.83. The van der Waals surface area contributed by atoms with Crippen molar-refractivity contribution < 1.29 is 4.39 Å². The first kappa shape index (κ1) is 10.5. The fourth-order valence-corrected chi connectivity index (χ4v) is 1.93. The molecule has 0 saturated carbocycles. The minimum Gasteiger partial charge on any atom is -0.310 e. The third-order valence-corrected chi connectivity index (χ3v) is 3.25. The Bertz CT molecular complexity index is 314. The quantitative estimate of drug-likeness (QED) is 0.768. The minimum absolute atomic E-state index is 0.479. The van der Waals surface area contributed by atoms with Crippen molar-refractivity contribution in [3.63, 3.8) is 0 Å². The van der Waals surface area contributed by atoms with Gasteiger partial charge in [-0.25, -0.2) is 4.39 Å². The molecule has 1 N–H and O–H groups in total. The van der Waals surface area contributed by atoms with Crippen LogP contribution in [-0.2, 0) is 5.15 Å². The van der Waals surface area contributed by atoms with Gasteiger partial charge in [-0.15, -0.1) is 0 Å². The average Bonchev–Trinajstić information content (AvgIpc) is 2.00. The van der Waals surface area contributed by atoms with Crippen LogP contribution in [0.25, 0.3) is 0 Å². The number of alkyl halides is 1. The molecule has 1 aromatic carbocycles. The van der Waals surface area contributed by atoms with Crippen molar-refractivity contribution in [2.45, 2.75) is 17.6 Å². The average molecular weight is 229 g/mol. The first-order valence-electron chi connectivity index (χ1n) is 4.68. The van der Waals surface area contributed by atoms with Crippen LogP contribution in [0.3, 0.4) is 0 Å². The Balaban J connectivity index is 2.17. The summed E-state index contributed by atoms with van der Waals surface area (Å²) in [7, 11) is 4.35. The van der Waals surface area contributed by atoms with Crippen molar-refractivity contribution in [1.82, 2.24) is 5.32 Å². The Morgan fingerprint density at radius 3 is 2.21 bits per heavy atom. The normalized spacial score (nSPS) is 21.8. The van der Waals surface area contributed by atoms with Gasteiger partial charge in [0.25, 0.3) is 0 Å². The Morgan fingerprint density at radius 2 is 1.86 bits per heavy atom. The van der Waals surface area contributed by atoms with Crippen LogP contribution in [0.2, 0.25) is 0 Å². The Hall–Kier alpha value is -0.0300. The molecule has 3 atom stereocenters. The standard InChI is InChI=1S/C10H14FNP2/c11-10(13,14)8-3-1-7(2-4-8)9-5-6-12-9/h1-4,9,12H,5-6,13-14H2. The third-order valence-electron chi connectivity index (χ3n) is 2.58. The van der Waals surface area contributed by atoms with Gasteiger partial charge in [-0.3, -0.25) is 0 Å². The van der Waals surface area contributed by atoms with E-state index >= 15 is 0 Å². The number of nitrogens with one attached hydrogen (secondary N) is 1. The molecule has 0 aromatic heterocycles. The number of halogens is 1. The van der Waals surface area contributed by atoms with Gasteiger partial charge in [-0.1, -0.05) is 42.7 Å². The van der Waals surface area contributed by atoms with Gasteiger partial charge in [0.1, 0.15) is 0 Å². The van der Waals surface area contributed by atoms with Crippen LogP contribution in [0.15, 0.2) is 24.3 Å². The topological polar surface area (TPSA) is 12.0 Å². The lowest BCUT2D eigenvalue weighted by atomic mass is 9.97. The van der Waals surface area contributed by atoms with E-state index in [9.17, 15) is 4.39 Å². The van der Waals surface area contributed by atoms with E-state index in [1.54, 1.807) is 0 Å². The van der Waals surface area contributed by atoms with Crippen molar-refractivity contribution in [2.75, 3.05) is 6.54 Å². The van der Waals surface area contributed by atoms with E-state index in [0.717, 1.165) is 6.54 Å². The molecule has 0 aliphatic carbocycles. The van der Waals surface area contributed by atoms with E-state index in [1.165, 1.54) is 12.0 Å². The van der Waals surface area contributed by atoms with E-state index in [0.29, 0.717) is 11.6 Å². The van der Waals surface area contributed by atoms with E-state index in [2.05, 4.69) is 23.8 Å². The van der Waals surface area contributed by atoms with Crippen molar-refractivity contribution in [3.05, 3.63) is 35.4 Å². The summed E-state index contributed by atoms with van der Waals surface area (Å²) in [5.41, 5.74) is 1.93. The zero-order chi connectivity index (χ0) is 10.2. The highest BCUT2D eigenvalue weighted by Gasteiger charge is 2.21. The second kappa shape index (κ2) is 3.85. The molecule has 76 valence electrons. The predicted molar refractivity (Wildman–Crippen MR) is 64.0 cm³/mol. The molecule has 1 aromatic rings. The highest BCUT2D eigenvalue weighted by atomic mass is 31.1. The van der Waals surface area contributed by atoms with Crippen LogP contribution in [-0.4, -0.2) is 6.54 Å². The first-order valence-corrected chi connectivity index (χ1v) is 5.83. The molecule has 14 heavy (non-hydrogen) atoms. The number of hydrogen-bond acceptors (Lipinski definition) is 1. The van der Waals surface area contributed by atoms with Crippen molar-refractivity contribution in [2.24, 2.45) is 0 Å². The largest absolute Gasteiger partial charge is 0.310 e. The molecule has 1 saturated heterocycles. The van der Waals surface area contributed by atoms with Crippen molar-refractivity contribution in [3.8, 4) is 0 Å². The zero-order valence-corrected chi connectivity index (χ0v) is 10.1. The number of hydrogen-bond donors (Lipinski definition) is 1. The maximum Gasteiger partial charge on any atom is 0.160 e. The molecule has 1 fully saturated rings. The van der Waals surface area contributed by atoms with Gasteiger partial charge in [0.05, 0.1) is 0 Å². The highest BCUT2D eigenvalue weighted by Crippen LogP contribution is 2.40. The molecular formula is C10H14FNP2. The number of benzene rings is 1. The molecule has 2 rings (SSSR count). The lowest BCUT2D eigenvalue weighted by Crippen LogP contribution is -2.34. The fraction of sp³-hybridized carbons (Fsp3) is 0.400. The summed E-state index contributed by atoms with van der Waals surface area (Å²) in [6, 6.07) is 8.15. The summed E-state index contributed by atoms with van der Waals surface area (Å²) in [6.07, 6.45) is 1.18. The molecule has 0 amide bonds. The van der Waals surface area contributed by atoms with Crippen LogP contribution >= 0.6 is 18.5 Å². The second-order valence-electron chi connectivity index (χ2n) is 3.69. The molecule has 0 spiro atoms. The van der Waals surface area contributed by atoms with Gasteiger partial charge in [-0.05, 0) is 24.1 Å². The van der Waals surface area contributed by atoms with E-state index in [4.69, 9.17) is 0 Å². The summed E-state index contributed by atoms with van der Waals surface area (Å²) in [4.78, 5) is 0. The van der Waals surface area contributed by atoms with Crippen LogP contribution in [0.5, 0.6) is 0 Å². The lowest BCUT2D eigenvalue weighted by Gasteiger charge is -2.28. The Labute approximate surface area is 88.3 Å². The molecule has 1 aliphatic heterocycles. The van der Waals surface area contributed by atoms with Crippen molar-refractivity contribution in [1.29, 1.82) is 0 Å².